The van der Waals surface area contributed by atoms with E-state index in [1.54, 1.807) is 0 Å². The summed E-state index contributed by atoms with van der Waals surface area (Å²) >= 11 is 0. The third-order valence-electron chi connectivity index (χ3n) is 3.67. The van der Waals surface area contributed by atoms with Gasteiger partial charge in [-0.15, -0.1) is 0 Å². The Morgan fingerprint density at radius 1 is 1.47 bits per heavy atom. The predicted octanol–water partition coefficient (Wildman–Crippen LogP) is 1.18. The summed E-state index contributed by atoms with van der Waals surface area (Å²) in [6.45, 7) is 0.984. The number of nitrogens with one attached hydrogen (secondary N) is 1. The molecule has 2 atom stereocenters. The number of amides is 1. The average Bonchev–Trinajstić information content (AvgIpc) is 2.77. The molecule has 19 heavy (non-hydrogen) atoms. The van der Waals surface area contributed by atoms with Gasteiger partial charge < -0.3 is 16.2 Å². The molecule has 0 heterocycles. The zero-order chi connectivity index (χ0) is 13.8. The van der Waals surface area contributed by atoms with Crippen LogP contribution in [-0.2, 0) is 6.54 Å². The van der Waals surface area contributed by atoms with Crippen LogP contribution in [0.25, 0.3) is 0 Å². The Hall–Kier alpha value is -1.46. The van der Waals surface area contributed by atoms with Crippen molar-refractivity contribution in [2.45, 2.75) is 31.9 Å². The smallest absolute Gasteiger partial charge is 0.248 e. The van der Waals surface area contributed by atoms with Crippen LogP contribution in [0.1, 0.15) is 35.2 Å². The fraction of sp³-hybridized carbons (Fsp3) is 0.500. The van der Waals surface area contributed by atoms with Gasteiger partial charge in [-0.25, -0.2) is 4.39 Å². The molecule has 0 spiro atoms. The minimum atomic E-state index is -0.563. The Balaban J connectivity index is 1.91. The number of nitrogens with two attached hydrogens (primary N) is 1. The lowest BCUT2D eigenvalue weighted by Crippen LogP contribution is -2.27. The molecular formula is C14H19FN2O2. The van der Waals surface area contributed by atoms with E-state index < -0.39 is 5.91 Å². The topological polar surface area (TPSA) is 75.4 Å². The van der Waals surface area contributed by atoms with Crippen LogP contribution >= 0.6 is 0 Å². The molecule has 4 N–H and O–H groups in total. The highest BCUT2D eigenvalue weighted by Gasteiger charge is 2.24. The van der Waals surface area contributed by atoms with Crippen molar-refractivity contribution in [3.63, 3.8) is 0 Å². The Kier molecular flexibility index (Phi) is 4.50. The maximum atomic E-state index is 13.6. The van der Waals surface area contributed by atoms with Gasteiger partial charge in [0.25, 0.3) is 0 Å². The van der Waals surface area contributed by atoms with Gasteiger partial charge in [-0.2, -0.15) is 0 Å². The van der Waals surface area contributed by atoms with Crippen LogP contribution in [0.15, 0.2) is 18.2 Å². The van der Waals surface area contributed by atoms with E-state index in [1.807, 2.05) is 0 Å². The fourth-order valence-electron chi connectivity index (χ4n) is 2.51. The van der Waals surface area contributed by atoms with Crippen molar-refractivity contribution in [2.24, 2.45) is 11.7 Å². The number of carbonyl (C=O) groups is 1. The van der Waals surface area contributed by atoms with Crippen LogP contribution < -0.4 is 11.1 Å². The molecule has 0 saturated heterocycles. The molecule has 1 aliphatic rings. The van der Waals surface area contributed by atoms with Gasteiger partial charge in [0.1, 0.15) is 5.82 Å². The summed E-state index contributed by atoms with van der Waals surface area (Å²) in [6, 6.07) is 4.10. The summed E-state index contributed by atoms with van der Waals surface area (Å²) in [6.07, 6.45) is 2.63. The van der Waals surface area contributed by atoms with E-state index in [-0.39, 0.29) is 17.8 Å². The molecule has 1 amide bonds. The van der Waals surface area contributed by atoms with Crippen molar-refractivity contribution in [3.8, 4) is 0 Å². The van der Waals surface area contributed by atoms with Crippen molar-refractivity contribution >= 4 is 5.91 Å². The van der Waals surface area contributed by atoms with E-state index in [9.17, 15) is 14.3 Å². The van der Waals surface area contributed by atoms with E-state index in [4.69, 9.17) is 5.73 Å². The zero-order valence-electron chi connectivity index (χ0n) is 10.7. The number of primary amides is 1. The molecule has 0 aromatic heterocycles. The molecule has 0 bridgehead atoms. The zero-order valence-corrected chi connectivity index (χ0v) is 10.7. The number of halogens is 1. The number of aliphatic hydroxyl groups excluding tert-OH is 1. The molecule has 1 aromatic carbocycles. The second-order valence-corrected chi connectivity index (χ2v) is 5.06. The van der Waals surface area contributed by atoms with Crippen molar-refractivity contribution in [2.75, 3.05) is 6.54 Å². The standard InChI is InChI=1S/C14H19FN2O2/c15-12-5-4-9(14(16)19)6-11(12)8-17-7-10-2-1-3-13(10)18/h4-6,10,13,17-18H,1-3,7-8H2,(H2,16,19). The molecule has 2 rings (SSSR count). The molecule has 5 heteroatoms. The van der Waals surface area contributed by atoms with Gasteiger partial charge in [0.05, 0.1) is 6.10 Å². The summed E-state index contributed by atoms with van der Waals surface area (Å²) in [5.74, 6) is -0.681. The van der Waals surface area contributed by atoms with E-state index in [2.05, 4.69) is 5.32 Å². The van der Waals surface area contributed by atoms with Crippen LogP contribution in [-0.4, -0.2) is 23.7 Å². The van der Waals surface area contributed by atoms with E-state index in [1.165, 1.54) is 18.2 Å². The SMILES string of the molecule is NC(=O)c1ccc(F)c(CNCC2CCCC2O)c1. The molecule has 0 aliphatic heterocycles. The molecular weight excluding hydrogens is 247 g/mol. The number of benzene rings is 1. The molecule has 2 unspecified atom stereocenters. The third-order valence-corrected chi connectivity index (χ3v) is 3.67. The Morgan fingerprint density at radius 3 is 2.89 bits per heavy atom. The van der Waals surface area contributed by atoms with Crippen LogP contribution in [0.2, 0.25) is 0 Å². The lowest BCUT2D eigenvalue weighted by Gasteiger charge is -2.15. The van der Waals surface area contributed by atoms with Gasteiger partial charge in [-0.3, -0.25) is 4.79 Å². The van der Waals surface area contributed by atoms with Gasteiger partial charge in [0.2, 0.25) is 5.91 Å². The first-order chi connectivity index (χ1) is 9.08. The van der Waals surface area contributed by atoms with Crippen LogP contribution in [0, 0.1) is 11.7 Å². The van der Waals surface area contributed by atoms with Crippen molar-refractivity contribution in [1.29, 1.82) is 0 Å². The number of hydrogen-bond acceptors (Lipinski definition) is 3. The fourth-order valence-corrected chi connectivity index (χ4v) is 2.51. The summed E-state index contributed by atoms with van der Waals surface area (Å²) in [4.78, 5) is 11.0. The van der Waals surface area contributed by atoms with E-state index in [0.717, 1.165) is 19.3 Å². The molecule has 0 radical (unpaired) electrons. The summed E-state index contributed by atoms with van der Waals surface area (Å²) in [5.41, 5.74) is 5.89. The second kappa shape index (κ2) is 6.12. The van der Waals surface area contributed by atoms with Gasteiger partial charge >= 0.3 is 0 Å². The minimum absolute atomic E-state index is 0.238. The lowest BCUT2D eigenvalue weighted by molar-refractivity contribution is 0.1000. The van der Waals surface area contributed by atoms with E-state index in [0.29, 0.717) is 24.2 Å². The first-order valence-electron chi connectivity index (χ1n) is 6.55. The van der Waals surface area contributed by atoms with Crippen molar-refractivity contribution < 1.29 is 14.3 Å². The molecule has 4 nitrogen and oxygen atoms in total. The number of hydrogen-bond donors (Lipinski definition) is 3. The van der Waals surface area contributed by atoms with Crippen molar-refractivity contribution in [1.82, 2.24) is 5.32 Å². The van der Waals surface area contributed by atoms with Gasteiger partial charge in [-0.05, 0) is 37.0 Å². The quantitative estimate of drug-likeness (QED) is 0.749. The predicted molar refractivity (Wildman–Crippen MR) is 70.0 cm³/mol. The van der Waals surface area contributed by atoms with E-state index >= 15 is 0 Å². The number of aliphatic hydroxyl groups is 1. The minimum Gasteiger partial charge on any atom is -0.393 e. The highest BCUT2D eigenvalue weighted by atomic mass is 19.1. The highest BCUT2D eigenvalue weighted by molar-refractivity contribution is 5.92. The van der Waals surface area contributed by atoms with Gasteiger partial charge in [0.15, 0.2) is 0 Å². The maximum Gasteiger partial charge on any atom is 0.248 e. The summed E-state index contributed by atoms with van der Waals surface area (Å²) in [5, 5.41) is 12.8. The second-order valence-electron chi connectivity index (χ2n) is 5.06. The first-order valence-corrected chi connectivity index (χ1v) is 6.55. The number of carbonyl (C=O) groups excluding carboxylic acids is 1. The van der Waals surface area contributed by atoms with Crippen molar-refractivity contribution in [3.05, 3.63) is 35.1 Å². The first kappa shape index (κ1) is 14.0. The normalized spacial score (nSPS) is 22.6. The molecule has 1 aromatic rings. The maximum absolute atomic E-state index is 13.6. The van der Waals surface area contributed by atoms with Gasteiger partial charge in [-0.1, -0.05) is 6.42 Å². The van der Waals surface area contributed by atoms with Crippen LogP contribution in [0.3, 0.4) is 0 Å². The Bertz CT molecular complexity index is 465. The highest BCUT2D eigenvalue weighted by Crippen LogP contribution is 2.24. The molecule has 1 fully saturated rings. The Morgan fingerprint density at radius 2 is 2.26 bits per heavy atom. The monoisotopic (exact) mass is 266 g/mol. The largest absolute Gasteiger partial charge is 0.393 e. The Labute approximate surface area is 111 Å². The number of rotatable bonds is 5. The summed E-state index contributed by atoms with van der Waals surface area (Å²) in [7, 11) is 0. The molecule has 104 valence electrons. The molecule has 1 aliphatic carbocycles. The van der Waals surface area contributed by atoms with Gasteiger partial charge in [0, 0.05) is 24.2 Å². The average molecular weight is 266 g/mol. The van der Waals surface area contributed by atoms with Crippen LogP contribution in [0.5, 0.6) is 0 Å². The third kappa shape index (κ3) is 3.52. The summed E-state index contributed by atoms with van der Waals surface area (Å²) < 4.78 is 13.6. The molecule has 1 saturated carbocycles. The van der Waals surface area contributed by atoms with Crippen LogP contribution in [0.4, 0.5) is 4.39 Å². The lowest BCUT2D eigenvalue weighted by atomic mass is 10.1.